The summed E-state index contributed by atoms with van der Waals surface area (Å²) in [5.74, 6) is 0.547. The van der Waals surface area contributed by atoms with Crippen molar-refractivity contribution in [3.05, 3.63) is 0 Å². The molecule has 2 atom stereocenters. The van der Waals surface area contributed by atoms with Crippen LogP contribution in [0, 0.1) is 5.92 Å². The molecule has 0 unspecified atom stereocenters. The summed E-state index contributed by atoms with van der Waals surface area (Å²) in [6.45, 7) is 6.81. The largest absolute Gasteiger partial charge is 0.358 e. The van der Waals surface area contributed by atoms with Crippen LogP contribution in [0.25, 0.3) is 0 Å². The Hall–Kier alpha value is -1.10. The number of hydrogen-bond donors (Lipinski definition) is 2. The van der Waals surface area contributed by atoms with Crippen LogP contribution in [-0.2, 0) is 9.59 Å². The third-order valence-corrected chi connectivity index (χ3v) is 4.04. The smallest absolute Gasteiger partial charge is 0.237 e. The molecule has 0 bridgehead atoms. The van der Waals surface area contributed by atoms with Gasteiger partial charge in [-0.3, -0.25) is 14.5 Å². The van der Waals surface area contributed by atoms with Gasteiger partial charge in [-0.15, -0.1) is 0 Å². The molecule has 5 heteroatoms. The second-order valence-electron chi connectivity index (χ2n) is 7.03. The molecule has 1 aliphatic carbocycles. The van der Waals surface area contributed by atoms with Gasteiger partial charge in [-0.05, 0) is 58.9 Å². The van der Waals surface area contributed by atoms with Crippen LogP contribution in [0.2, 0.25) is 0 Å². The van der Waals surface area contributed by atoms with E-state index in [1.165, 1.54) is 0 Å². The van der Waals surface area contributed by atoms with E-state index in [-0.39, 0.29) is 29.4 Å². The highest BCUT2D eigenvalue weighted by atomic mass is 16.2. The number of hydrogen-bond acceptors (Lipinski definition) is 3. The first-order chi connectivity index (χ1) is 9.33. The maximum absolute atomic E-state index is 12.4. The minimum absolute atomic E-state index is 0.0583. The minimum atomic E-state index is -0.229. The van der Waals surface area contributed by atoms with E-state index in [1.54, 1.807) is 7.05 Å². The standard InChI is InChI=1S/C15H27N3O2/c1-15(2,3)17-13(19)11-6-5-9-18(11)12(10-7-8-10)14(20)16-4/h10-12H,5-9H2,1-4H3,(H,16,20)(H,17,19)/t11-,12+/m0/s1. The monoisotopic (exact) mass is 281 g/mol. The lowest BCUT2D eigenvalue weighted by molar-refractivity contribution is -0.132. The topological polar surface area (TPSA) is 61.4 Å². The zero-order valence-electron chi connectivity index (χ0n) is 13.0. The van der Waals surface area contributed by atoms with E-state index < -0.39 is 0 Å². The van der Waals surface area contributed by atoms with E-state index in [0.717, 1.165) is 32.2 Å². The molecule has 1 saturated heterocycles. The van der Waals surface area contributed by atoms with Crippen LogP contribution in [0.15, 0.2) is 0 Å². The van der Waals surface area contributed by atoms with Gasteiger partial charge < -0.3 is 10.6 Å². The van der Waals surface area contributed by atoms with Crippen molar-refractivity contribution < 1.29 is 9.59 Å². The van der Waals surface area contributed by atoms with E-state index >= 15 is 0 Å². The fourth-order valence-electron chi connectivity index (χ4n) is 3.05. The van der Waals surface area contributed by atoms with Crippen molar-refractivity contribution in [1.82, 2.24) is 15.5 Å². The van der Waals surface area contributed by atoms with Crippen LogP contribution in [-0.4, -0.2) is 47.9 Å². The van der Waals surface area contributed by atoms with Crippen LogP contribution in [0.3, 0.4) is 0 Å². The Morgan fingerprint density at radius 2 is 1.85 bits per heavy atom. The van der Waals surface area contributed by atoms with Crippen molar-refractivity contribution in [1.29, 1.82) is 0 Å². The SMILES string of the molecule is CNC(=O)[C@@H](C1CC1)N1CCC[C@H]1C(=O)NC(C)(C)C. The minimum Gasteiger partial charge on any atom is -0.358 e. The molecule has 2 aliphatic rings. The van der Waals surface area contributed by atoms with Crippen molar-refractivity contribution in [3.63, 3.8) is 0 Å². The molecule has 1 saturated carbocycles. The van der Waals surface area contributed by atoms with E-state index in [1.807, 2.05) is 20.8 Å². The molecule has 0 aromatic heterocycles. The third kappa shape index (κ3) is 3.51. The summed E-state index contributed by atoms with van der Waals surface area (Å²) in [6, 6.07) is -0.282. The van der Waals surface area contributed by atoms with Gasteiger partial charge in [0.1, 0.15) is 0 Å². The highest BCUT2D eigenvalue weighted by Crippen LogP contribution is 2.38. The molecule has 114 valence electrons. The molecule has 20 heavy (non-hydrogen) atoms. The van der Waals surface area contributed by atoms with Crippen LogP contribution in [0.1, 0.15) is 46.5 Å². The van der Waals surface area contributed by atoms with Crippen molar-refractivity contribution in [2.24, 2.45) is 5.92 Å². The lowest BCUT2D eigenvalue weighted by Gasteiger charge is -2.33. The average Bonchev–Trinajstić information content (AvgIpc) is 3.04. The van der Waals surface area contributed by atoms with Crippen molar-refractivity contribution in [3.8, 4) is 0 Å². The Kier molecular flexibility index (Phi) is 4.37. The van der Waals surface area contributed by atoms with E-state index in [9.17, 15) is 9.59 Å². The normalized spacial score (nSPS) is 25.3. The number of likely N-dealkylation sites (tertiary alicyclic amines) is 1. The van der Waals surface area contributed by atoms with Gasteiger partial charge in [-0.2, -0.15) is 0 Å². The molecule has 1 aliphatic heterocycles. The quantitative estimate of drug-likeness (QED) is 0.804. The summed E-state index contributed by atoms with van der Waals surface area (Å²) in [5.41, 5.74) is -0.229. The number of carbonyl (C=O) groups excluding carboxylic acids is 2. The van der Waals surface area contributed by atoms with Crippen LogP contribution in [0.5, 0.6) is 0 Å². The Balaban J connectivity index is 2.09. The lowest BCUT2D eigenvalue weighted by Crippen LogP contribution is -2.56. The second kappa shape index (κ2) is 5.72. The first-order valence-corrected chi connectivity index (χ1v) is 7.63. The maximum Gasteiger partial charge on any atom is 0.237 e. The summed E-state index contributed by atoms with van der Waals surface area (Å²) in [4.78, 5) is 26.7. The number of rotatable bonds is 4. The Morgan fingerprint density at radius 3 is 2.35 bits per heavy atom. The number of nitrogens with zero attached hydrogens (tertiary/aromatic N) is 1. The Bertz CT molecular complexity index is 385. The molecule has 5 nitrogen and oxygen atoms in total. The average molecular weight is 281 g/mol. The molecule has 1 heterocycles. The zero-order chi connectivity index (χ0) is 14.9. The second-order valence-corrected chi connectivity index (χ2v) is 7.03. The van der Waals surface area contributed by atoms with E-state index in [2.05, 4.69) is 15.5 Å². The van der Waals surface area contributed by atoms with Crippen molar-refractivity contribution >= 4 is 11.8 Å². The summed E-state index contributed by atoms with van der Waals surface area (Å²) < 4.78 is 0. The van der Waals surface area contributed by atoms with Crippen LogP contribution >= 0.6 is 0 Å². The number of amides is 2. The Morgan fingerprint density at radius 1 is 1.20 bits per heavy atom. The third-order valence-electron chi connectivity index (χ3n) is 4.04. The molecule has 2 rings (SSSR count). The van der Waals surface area contributed by atoms with Crippen LogP contribution < -0.4 is 10.6 Å². The zero-order valence-corrected chi connectivity index (χ0v) is 13.0. The number of nitrogens with one attached hydrogen (secondary N) is 2. The van der Waals surface area contributed by atoms with Crippen molar-refractivity contribution in [2.75, 3.05) is 13.6 Å². The first kappa shape index (κ1) is 15.3. The number of likely N-dealkylation sites (N-methyl/N-ethyl adjacent to an activating group) is 1. The molecule has 0 aromatic carbocycles. The van der Waals surface area contributed by atoms with E-state index in [4.69, 9.17) is 0 Å². The molecule has 2 N–H and O–H groups in total. The van der Waals surface area contributed by atoms with E-state index in [0.29, 0.717) is 5.92 Å². The molecule has 0 spiro atoms. The fraction of sp³-hybridized carbons (Fsp3) is 0.867. The lowest BCUT2D eigenvalue weighted by atomic mass is 10.1. The molecule has 0 radical (unpaired) electrons. The number of carbonyl (C=O) groups is 2. The van der Waals surface area contributed by atoms with Gasteiger partial charge in [-0.1, -0.05) is 0 Å². The van der Waals surface area contributed by atoms with Gasteiger partial charge in [0.05, 0.1) is 12.1 Å². The summed E-state index contributed by atoms with van der Waals surface area (Å²) in [5, 5.41) is 5.81. The van der Waals surface area contributed by atoms with Gasteiger partial charge in [0.15, 0.2) is 0 Å². The van der Waals surface area contributed by atoms with Gasteiger partial charge >= 0.3 is 0 Å². The maximum atomic E-state index is 12.4. The summed E-state index contributed by atoms with van der Waals surface area (Å²) in [6.07, 6.45) is 4.04. The molecular weight excluding hydrogens is 254 g/mol. The van der Waals surface area contributed by atoms with Gasteiger partial charge in [-0.25, -0.2) is 0 Å². The summed E-state index contributed by atoms with van der Waals surface area (Å²) in [7, 11) is 1.68. The first-order valence-electron chi connectivity index (χ1n) is 7.63. The summed E-state index contributed by atoms with van der Waals surface area (Å²) >= 11 is 0. The van der Waals surface area contributed by atoms with Crippen LogP contribution in [0.4, 0.5) is 0 Å². The predicted octanol–water partition coefficient (Wildman–Crippen LogP) is 0.890. The predicted molar refractivity (Wildman–Crippen MR) is 78.2 cm³/mol. The fourth-order valence-corrected chi connectivity index (χ4v) is 3.05. The van der Waals surface area contributed by atoms with Gasteiger partial charge in [0.25, 0.3) is 0 Å². The highest BCUT2D eigenvalue weighted by molar-refractivity contribution is 5.86. The molecule has 0 aromatic rings. The van der Waals surface area contributed by atoms with Crippen molar-refractivity contribution in [2.45, 2.75) is 64.1 Å². The molecular formula is C15H27N3O2. The molecule has 2 fully saturated rings. The van der Waals surface area contributed by atoms with Gasteiger partial charge in [0, 0.05) is 12.6 Å². The Labute approximate surface area is 121 Å². The highest BCUT2D eigenvalue weighted by Gasteiger charge is 2.45. The van der Waals surface area contributed by atoms with Gasteiger partial charge in [0.2, 0.25) is 11.8 Å². The molecule has 2 amide bonds.